The van der Waals surface area contributed by atoms with Gasteiger partial charge in [-0.25, -0.2) is 19.9 Å². The monoisotopic (exact) mass is 1360 g/mol. The maximum atomic E-state index is 6.09. The number of nitrogens with one attached hydrogen (secondary N) is 2. The first-order valence-electron chi connectivity index (χ1n) is 29.6. The topological polar surface area (TPSA) is 219 Å². The number of anilines is 8. The van der Waals surface area contributed by atoms with Gasteiger partial charge in [-0.05, 0) is 118 Å². The van der Waals surface area contributed by atoms with Crippen LogP contribution in [0.4, 0.5) is 46.5 Å². The van der Waals surface area contributed by atoms with Gasteiger partial charge in [-0.1, -0.05) is 93.9 Å². The van der Waals surface area contributed by atoms with Crippen LogP contribution in [0, 0.1) is 0 Å². The zero-order valence-corrected chi connectivity index (χ0v) is 56.1. The van der Waals surface area contributed by atoms with Crippen LogP contribution in [0.2, 0.25) is 30.5 Å². The Balaban J connectivity index is 0.000000133. The molecule has 21 nitrogen and oxygen atoms in total. The molecule has 5 aromatic carbocycles. The predicted molar refractivity (Wildman–Crippen MR) is 372 cm³/mol. The molecule has 4 aliphatic heterocycles. The fraction of sp³-hybridized carbons (Fsp3) is 0.312. The van der Waals surface area contributed by atoms with Crippen LogP contribution in [-0.2, 0) is 37.6 Å². The van der Waals surface area contributed by atoms with Crippen molar-refractivity contribution in [1.29, 1.82) is 0 Å². The Morgan fingerprint density at radius 3 is 1.29 bits per heavy atom. The number of aryl methyl sites for hydroxylation is 2. The Hall–Kier alpha value is -7.32. The first-order valence-corrected chi connectivity index (χ1v) is 31.8. The Morgan fingerprint density at radius 2 is 0.837 bits per heavy atom. The molecule has 480 valence electrons. The minimum absolute atomic E-state index is 0.306. The quantitative estimate of drug-likeness (QED) is 0.0695. The highest BCUT2D eigenvalue weighted by molar-refractivity contribution is 6.62. The van der Waals surface area contributed by atoms with E-state index in [9.17, 15) is 0 Å². The van der Waals surface area contributed by atoms with E-state index in [0.29, 0.717) is 88.8 Å². The second kappa shape index (κ2) is 31.1. The molecule has 92 heavy (non-hydrogen) atoms. The Labute approximate surface area is 564 Å². The van der Waals surface area contributed by atoms with Gasteiger partial charge in [-0.2, -0.15) is 20.2 Å². The van der Waals surface area contributed by atoms with Crippen LogP contribution in [0.5, 0.6) is 0 Å². The van der Waals surface area contributed by atoms with Crippen molar-refractivity contribution in [3.8, 4) is 11.3 Å². The summed E-state index contributed by atoms with van der Waals surface area (Å²) in [5, 5.41) is 20.7. The number of morpholine rings is 3. The molecule has 4 fully saturated rings. The first-order chi connectivity index (χ1) is 44.2. The number of hydrogen-bond donors (Lipinski definition) is 3. The minimum atomic E-state index is -0.315. The number of ether oxygens (including phenoxy) is 3. The third kappa shape index (κ3) is 18.3. The summed E-state index contributed by atoms with van der Waals surface area (Å²) in [5.74, 6) is 3.26. The van der Waals surface area contributed by atoms with Crippen LogP contribution >= 0.6 is 69.6 Å². The van der Waals surface area contributed by atoms with Gasteiger partial charge < -0.3 is 54.6 Å². The molecular weight excluding hydrogens is 1300 g/mol. The van der Waals surface area contributed by atoms with E-state index in [-0.39, 0.29) is 18.3 Å². The number of aromatic nitrogens is 10. The predicted octanol–water partition coefficient (Wildman–Crippen LogP) is 13.0. The highest BCUT2D eigenvalue weighted by Gasteiger charge is 2.51. The summed E-state index contributed by atoms with van der Waals surface area (Å²) in [6.45, 7) is 17.0. The van der Waals surface area contributed by atoms with Crippen molar-refractivity contribution < 1.29 is 23.5 Å². The van der Waals surface area contributed by atoms with E-state index >= 15 is 0 Å². The highest BCUT2D eigenvalue weighted by Crippen LogP contribution is 2.37. The van der Waals surface area contributed by atoms with Gasteiger partial charge in [0.1, 0.15) is 27.1 Å². The lowest BCUT2D eigenvalue weighted by Crippen LogP contribution is -2.41. The molecule has 4 N–H and O–H groups in total. The van der Waals surface area contributed by atoms with Crippen LogP contribution < -0.4 is 36.5 Å². The van der Waals surface area contributed by atoms with Crippen molar-refractivity contribution in [2.45, 2.75) is 38.9 Å². The zero-order chi connectivity index (χ0) is 64.9. The fourth-order valence-electron chi connectivity index (χ4n) is 9.62. The van der Waals surface area contributed by atoms with Crippen LogP contribution in [0.3, 0.4) is 0 Å². The summed E-state index contributed by atoms with van der Waals surface area (Å²) in [5.41, 5.74) is 12.4. The van der Waals surface area contributed by atoms with E-state index in [2.05, 4.69) is 109 Å². The van der Waals surface area contributed by atoms with Gasteiger partial charge in [0.05, 0.1) is 80.0 Å². The van der Waals surface area contributed by atoms with Crippen LogP contribution in [-0.4, -0.2) is 147 Å². The molecule has 28 heteroatoms. The maximum Gasteiger partial charge on any atom is 0.494 e. The largest absolute Gasteiger partial charge is 0.494 e. The van der Waals surface area contributed by atoms with Gasteiger partial charge in [-0.3, -0.25) is 9.36 Å². The third-order valence-corrected chi connectivity index (χ3v) is 16.7. The fourth-order valence-corrected chi connectivity index (χ4v) is 10.6. The zero-order valence-electron chi connectivity index (χ0n) is 51.5. The summed E-state index contributed by atoms with van der Waals surface area (Å²) in [6, 6.07) is 39.6. The maximum absolute atomic E-state index is 6.09. The molecule has 0 bridgehead atoms. The molecule has 0 spiro atoms. The first kappa shape index (κ1) is 67.6. The highest BCUT2D eigenvalue weighted by atomic mass is 35.5. The number of nitrogens with two attached hydrogens (primary N) is 1. The van der Waals surface area contributed by atoms with Crippen molar-refractivity contribution in [3.05, 3.63) is 170 Å². The van der Waals surface area contributed by atoms with E-state index in [1.807, 2.05) is 101 Å². The average molecular weight is 1370 g/mol. The van der Waals surface area contributed by atoms with E-state index < -0.39 is 0 Å². The van der Waals surface area contributed by atoms with Gasteiger partial charge in [0.2, 0.25) is 17.8 Å². The normalized spacial score (nSPS) is 15.9. The van der Waals surface area contributed by atoms with Gasteiger partial charge >= 0.3 is 7.12 Å². The summed E-state index contributed by atoms with van der Waals surface area (Å²) in [4.78, 5) is 32.8. The Morgan fingerprint density at radius 1 is 0.446 bits per heavy atom. The Kier molecular flexibility index (Phi) is 22.8. The van der Waals surface area contributed by atoms with Crippen molar-refractivity contribution in [2.24, 2.45) is 14.1 Å². The molecule has 0 aliphatic carbocycles. The smallest absolute Gasteiger partial charge is 0.399 e. The Bertz CT molecular complexity index is 4000. The summed E-state index contributed by atoms with van der Waals surface area (Å²) in [6.07, 6.45) is 3.73. The van der Waals surface area contributed by atoms with Crippen molar-refractivity contribution >= 4 is 151 Å². The SMILES string of the molecule is Clc1cc(Cl)nc(N2CCOCC2)n1.Clc1ccc(Nc2cc(Cl)nc(N3CCOCC3)n2)cc1.Cn1ncc2ccc(-c3cc(Nc4ccc(Cl)cc4)nc(N4CCOCC4)n3)cc21.Cn1ncc2ccc(B3OC(C)(C)C(C)(C)O3)cc21.Nc1ccc(Cl)cc1. The number of nitrogen functional groups attached to an aromatic ring is 1. The number of benzene rings is 5. The molecule has 0 unspecified atom stereocenters. The lowest BCUT2D eigenvalue weighted by Gasteiger charge is -2.32. The lowest BCUT2D eigenvalue weighted by molar-refractivity contribution is 0.00578. The van der Waals surface area contributed by atoms with E-state index in [0.717, 1.165) is 106 Å². The minimum Gasteiger partial charge on any atom is -0.399 e. The number of rotatable bonds is 9. The molecule has 4 aliphatic rings. The van der Waals surface area contributed by atoms with E-state index in [1.165, 1.54) is 6.07 Å². The standard InChI is InChI=1S/C22H21ClN6O.C14H19BN2O2.C14H14Cl2N4O.C8H9Cl2N3O.C6H6ClN/c1-28-20-12-15(2-3-16(20)14-24-28)19-13-21(25-18-6-4-17(23)5-7-18)27-22(26-19)29-8-10-30-11-9-29;1-13(2)14(3,4)19-15(18-13)11-7-6-10-9-16-17(5)12(10)8-11;15-10-1-3-11(4-2-10)17-13-9-12(16)18-14(19-13)20-5-7-21-8-6-20;9-6-5-7(10)12-8(11-6)13-1-3-14-4-2-13;7-5-1-3-6(8)4-2-5/h2-7,12-14H,8-11H2,1H3,(H,25,26,27);6-9H,1-5H3;1-4,9H,5-8H2,(H,17,18,19);5H,1-4H2;1-4H,8H2. The lowest BCUT2D eigenvalue weighted by atomic mass is 9.79. The molecule has 0 atom stereocenters. The summed E-state index contributed by atoms with van der Waals surface area (Å²) < 4.78 is 31.9. The second-order valence-electron chi connectivity index (χ2n) is 22.5. The van der Waals surface area contributed by atoms with Crippen molar-refractivity contribution in [2.75, 3.05) is 110 Å². The van der Waals surface area contributed by atoms with Gasteiger partial charge in [0.25, 0.3) is 0 Å². The second-order valence-corrected chi connectivity index (χ2v) is 24.9. The number of nitrogens with zero attached hydrogens (tertiary/aromatic N) is 13. The molecule has 0 saturated carbocycles. The van der Waals surface area contributed by atoms with Gasteiger partial charge in [-0.15, -0.1) is 0 Å². The number of fused-ring (bicyclic) bond motifs is 2. The van der Waals surface area contributed by atoms with Crippen LogP contribution in [0.25, 0.3) is 33.1 Å². The summed E-state index contributed by atoms with van der Waals surface area (Å²) >= 11 is 35.1. The third-order valence-electron chi connectivity index (χ3n) is 15.4. The molecular formula is C64H69BCl6N16O5. The number of hydrogen-bond acceptors (Lipinski definition) is 19. The van der Waals surface area contributed by atoms with E-state index in [4.69, 9.17) is 109 Å². The van der Waals surface area contributed by atoms with E-state index in [1.54, 1.807) is 30.3 Å². The average Bonchev–Trinajstić information content (AvgIpc) is 1.61. The van der Waals surface area contributed by atoms with Crippen molar-refractivity contribution in [3.63, 3.8) is 0 Å². The van der Waals surface area contributed by atoms with Crippen molar-refractivity contribution in [1.82, 2.24) is 49.5 Å². The molecule has 4 saturated heterocycles. The van der Waals surface area contributed by atoms with Crippen LogP contribution in [0.1, 0.15) is 27.7 Å². The number of halogens is 6. The van der Waals surface area contributed by atoms with Gasteiger partial charge in [0, 0.05) is 120 Å². The summed E-state index contributed by atoms with van der Waals surface area (Å²) in [7, 11) is 3.57. The van der Waals surface area contributed by atoms with Crippen LogP contribution in [0.15, 0.2) is 140 Å². The van der Waals surface area contributed by atoms with Gasteiger partial charge in [0.15, 0.2) is 0 Å². The molecule has 5 aromatic heterocycles. The molecule has 9 heterocycles. The molecule has 10 aromatic rings. The molecule has 0 amide bonds. The molecule has 0 radical (unpaired) electrons. The molecule has 14 rings (SSSR count).